The van der Waals surface area contributed by atoms with Crippen LogP contribution in [0.25, 0.3) is 0 Å². The van der Waals surface area contributed by atoms with Gasteiger partial charge in [0.15, 0.2) is 0 Å². The van der Waals surface area contributed by atoms with Gasteiger partial charge in [-0.15, -0.1) is 0 Å². The Labute approximate surface area is 201 Å². The molecule has 2 aromatic rings. The molecule has 2 aromatic carbocycles. The first-order chi connectivity index (χ1) is 15.3. The number of carbonyl (C=O) groups excluding carboxylic acids is 2. The van der Waals surface area contributed by atoms with Crippen LogP contribution in [-0.4, -0.2) is 50.0 Å². The first kappa shape index (κ1) is 26.7. The Morgan fingerprint density at radius 1 is 1.03 bits per heavy atom. The summed E-state index contributed by atoms with van der Waals surface area (Å²) in [6, 6.07) is 11.5. The Bertz CT molecular complexity index is 1100. The third kappa shape index (κ3) is 7.47. The lowest BCUT2D eigenvalue weighted by molar-refractivity contribution is -0.139. The maximum absolute atomic E-state index is 13.5. The number of nitrogens with one attached hydrogen (secondary N) is 1. The van der Waals surface area contributed by atoms with Crippen molar-refractivity contribution in [1.82, 2.24) is 10.2 Å². The van der Waals surface area contributed by atoms with Crippen LogP contribution in [0.15, 0.2) is 42.5 Å². The molecule has 0 bridgehead atoms. The second kappa shape index (κ2) is 11.0. The molecule has 1 N–H and O–H groups in total. The van der Waals surface area contributed by atoms with Gasteiger partial charge in [0.05, 0.1) is 11.9 Å². The van der Waals surface area contributed by atoms with Crippen molar-refractivity contribution in [1.29, 1.82) is 0 Å². The fourth-order valence-electron chi connectivity index (χ4n) is 3.36. The van der Waals surface area contributed by atoms with Crippen molar-refractivity contribution in [2.24, 2.45) is 0 Å². The molecule has 0 radical (unpaired) electrons. The smallest absolute Gasteiger partial charge is 0.244 e. The first-order valence-electron chi connectivity index (χ1n) is 10.7. The lowest BCUT2D eigenvalue weighted by Crippen LogP contribution is -2.52. The fraction of sp³-hybridized carbons (Fsp3) is 0.417. The molecule has 1 atom stereocenters. The monoisotopic (exact) mass is 493 g/mol. The highest BCUT2D eigenvalue weighted by Crippen LogP contribution is 2.24. The largest absolute Gasteiger partial charge is 0.352 e. The van der Waals surface area contributed by atoms with E-state index in [0.29, 0.717) is 10.7 Å². The van der Waals surface area contributed by atoms with Gasteiger partial charge in [-0.3, -0.25) is 13.9 Å². The highest BCUT2D eigenvalue weighted by atomic mass is 35.5. The first-order valence-corrected chi connectivity index (χ1v) is 12.9. The lowest BCUT2D eigenvalue weighted by atomic mass is 10.1. The second-order valence-corrected chi connectivity index (χ2v) is 10.9. The van der Waals surface area contributed by atoms with E-state index in [2.05, 4.69) is 5.32 Å². The third-order valence-electron chi connectivity index (χ3n) is 5.18. The zero-order valence-corrected chi connectivity index (χ0v) is 21.5. The molecule has 33 heavy (non-hydrogen) atoms. The van der Waals surface area contributed by atoms with E-state index in [4.69, 9.17) is 11.6 Å². The average molecular weight is 494 g/mol. The fourth-order valence-corrected chi connectivity index (χ4v) is 4.38. The van der Waals surface area contributed by atoms with Crippen molar-refractivity contribution >= 4 is 39.1 Å². The molecule has 9 heteroatoms. The number of hydrogen-bond acceptors (Lipinski definition) is 4. The van der Waals surface area contributed by atoms with E-state index < -0.39 is 28.5 Å². The number of aryl methyl sites for hydroxylation is 2. The van der Waals surface area contributed by atoms with Gasteiger partial charge in [0.1, 0.15) is 12.6 Å². The zero-order valence-electron chi connectivity index (χ0n) is 19.9. The standard InChI is InChI=1S/C24H32ClN3O4S/c1-16(2)26-24(30)19(5)27(14-20-9-11-21(25)12-10-20)23(29)15-28(33(6,31)32)22-13-17(3)7-8-18(22)4/h7-13,16,19H,14-15H2,1-6H3,(H,26,30). The molecule has 1 unspecified atom stereocenters. The zero-order chi connectivity index (χ0) is 24.9. The molecule has 0 heterocycles. The Balaban J connectivity index is 2.42. The summed E-state index contributed by atoms with van der Waals surface area (Å²) in [5, 5.41) is 3.37. The van der Waals surface area contributed by atoms with Crippen LogP contribution in [-0.2, 0) is 26.2 Å². The quantitative estimate of drug-likeness (QED) is 0.577. The summed E-state index contributed by atoms with van der Waals surface area (Å²) < 4.78 is 26.4. The summed E-state index contributed by atoms with van der Waals surface area (Å²) in [4.78, 5) is 27.6. The van der Waals surface area contributed by atoms with Crippen LogP contribution in [0.5, 0.6) is 0 Å². The van der Waals surface area contributed by atoms with Crippen molar-refractivity contribution in [2.75, 3.05) is 17.1 Å². The number of anilines is 1. The highest BCUT2D eigenvalue weighted by Gasteiger charge is 2.30. The Kier molecular flexibility index (Phi) is 8.91. The number of carbonyl (C=O) groups is 2. The number of hydrogen-bond donors (Lipinski definition) is 1. The van der Waals surface area contributed by atoms with Crippen molar-refractivity contribution in [3.05, 3.63) is 64.2 Å². The molecule has 0 aliphatic rings. The Morgan fingerprint density at radius 2 is 1.64 bits per heavy atom. The second-order valence-electron chi connectivity index (χ2n) is 8.55. The lowest BCUT2D eigenvalue weighted by Gasteiger charge is -2.32. The number of benzene rings is 2. The molecule has 0 saturated carbocycles. The molecular weight excluding hydrogens is 462 g/mol. The number of rotatable bonds is 9. The molecule has 0 spiro atoms. The van der Waals surface area contributed by atoms with E-state index in [0.717, 1.165) is 27.3 Å². The van der Waals surface area contributed by atoms with Gasteiger partial charge in [-0.25, -0.2) is 8.42 Å². The molecule has 7 nitrogen and oxygen atoms in total. The van der Waals surface area contributed by atoms with Crippen molar-refractivity contribution in [2.45, 2.75) is 53.2 Å². The van der Waals surface area contributed by atoms with E-state index >= 15 is 0 Å². The molecule has 2 amide bonds. The minimum absolute atomic E-state index is 0.102. The normalized spacial score (nSPS) is 12.4. The molecule has 0 aliphatic heterocycles. The molecule has 180 valence electrons. The van der Waals surface area contributed by atoms with Gasteiger partial charge in [0, 0.05) is 17.6 Å². The van der Waals surface area contributed by atoms with E-state index in [1.165, 1.54) is 4.90 Å². The molecule has 0 aromatic heterocycles. The van der Waals surface area contributed by atoms with Crippen LogP contribution < -0.4 is 9.62 Å². The van der Waals surface area contributed by atoms with Gasteiger partial charge in [-0.05, 0) is 69.5 Å². The highest BCUT2D eigenvalue weighted by molar-refractivity contribution is 7.92. The summed E-state index contributed by atoms with van der Waals surface area (Å²) in [5.74, 6) is -0.798. The van der Waals surface area contributed by atoms with E-state index in [9.17, 15) is 18.0 Å². The number of amides is 2. The molecule has 0 saturated heterocycles. The van der Waals surface area contributed by atoms with Crippen molar-refractivity contribution < 1.29 is 18.0 Å². The molecule has 2 rings (SSSR count). The average Bonchev–Trinajstić information content (AvgIpc) is 2.71. The minimum Gasteiger partial charge on any atom is -0.352 e. The Hall–Kier alpha value is -2.58. The van der Waals surface area contributed by atoms with Gasteiger partial charge in [-0.2, -0.15) is 0 Å². The van der Waals surface area contributed by atoms with Gasteiger partial charge in [0.25, 0.3) is 0 Å². The van der Waals surface area contributed by atoms with Crippen LogP contribution in [0.2, 0.25) is 5.02 Å². The van der Waals surface area contributed by atoms with Crippen LogP contribution in [0.3, 0.4) is 0 Å². The minimum atomic E-state index is -3.76. The van der Waals surface area contributed by atoms with E-state index in [-0.39, 0.29) is 18.5 Å². The van der Waals surface area contributed by atoms with Crippen LogP contribution >= 0.6 is 11.6 Å². The molecule has 0 fully saturated rings. The molecular formula is C24H32ClN3O4S. The summed E-state index contributed by atoms with van der Waals surface area (Å²) in [7, 11) is -3.76. The maximum atomic E-state index is 13.5. The number of sulfonamides is 1. The van der Waals surface area contributed by atoms with Gasteiger partial charge in [0.2, 0.25) is 21.8 Å². The van der Waals surface area contributed by atoms with Crippen LogP contribution in [0.1, 0.15) is 37.5 Å². The SMILES string of the molecule is Cc1ccc(C)c(N(CC(=O)N(Cc2ccc(Cl)cc2)C(C)C(=O)NC(C)C)S(C)(=O)=O)c1. The van der Waals surface area contributed by atoms with E-state index in [1.54, 1.807) is 44.2 Å². The summed E-state index contributed by atoms with van der Waals surface area (Å²) in [5.41, 5.74) is 2.82. The summed E-state index contributed by atoms with van der Waals surface area (Å²) in [6.07, 6.45) is 1.07. The maximum Gasteiger partial charge on any atom is 0.244 e. The summed E-state index contributed by atoms with van der Waals surface area (Å²) >= 11 is 5.98. The van der Waals surface area contributed by atoms with Crippen molar-refractivity contribution in [3.63, 3.8) is 0 Å². The molecule has 0 aliphatic carbocycles. The number of halogens is 1. The number of nitrogens with zero attached hydrogens (tertiary/aromatic N) is 2. The topological polar surface area (TPSA) is 86.8 Å². The van der Waals surface area contributed by atoms with Gasteiger partial charge >= 0.3 is 0 Å². The van der Waals surface area contributed by atoms with Crippen molar-refractivity contribution in [3.8, 4) is 0 Å². The summed E-state index contributed by atoms with van der Waals surface area (Å²) in [6.45, 7) is 8.67. The van der Waals surface area contributed by atoms with Crippen LogP contribution in [0.4, 0.5) is 5.69 Å². The Morgan fingerprint density at radius 3 is 2.18 bits per heavy atom. The van der Waals surface area contributed by atoms with Gasteiger partial charge < -0.3 is 10.2 Å². The van der Waals surface area contributed by atoms with Crippen LogP contribution in [0, 0.1) is 13.8 Å². The predicted molar refractivity (Wildman–Crippen MR) is 133 cm³/mol. The third-order valence-corrected chi connectivity index (χ3v) is 6.56. The van der Waals surface area contributed by atoms with Gasteiger partial charge in [-0.1, -0.05) is 35.9 Å². The van der Waals surface area contributed by atoms with E-state index in [1.807, 2.05) is 32.9 Å². The predicted octanol–water partition coefficient (Wildman–Crippen LogP) is 3.66.